The lowest BCUT2D eigenvalue weighted by Gasteiger charge is -2.10. The van der Waals surface area contributed by atoms with Gasteiger partial charge in [0, 0.05) is 25.5 Å². The molecular weight excluding hydrogens is 234 g/mol. The lowest BCUT2D eigenvalue weighted by atomic mass is 10.0. The number of nitrogens with zero attached hydrogens (tertiary/aromatic N) is 2. The summed E-state index contributed by atoms with van der Waals surface area (Å²) in [6, 6.07) is 4.51. The summed E-state index contributed by atoms with van der Waals surface area (Å²) < 4.78 is 0. The maximum atomic E-state index is 4.34. The van der Waals surface area contributed by atoms with Gasteiger partial charge in [0.15, 0.2) is 0 Å². The minimum Gasteiger partial charge on any atom is -0.307 e. The van der Waals surface area contributed by atoms with E-state index in [2.05, 4.69) is 48.2 Å². The standard InChI is InChI=1S/C16H21N3/c1-11-5-13(3)15(6-12(11)2)8-17-9-16-10-18-14(4)7-19-16/h5-7,10,17H,8-9H2,1-4H3. The van der Waals surface area contributed by atoms with Crippen molar-refractivity contribution in [2.45, 2.75) is 40.8 Å². The van der Waals surface area contributed by atoms with Crippen molar-refractivity contribution in [1.82, 2.24) is 15.3 Å². The zero-order valence-electron chi connectivity index (χ0n) is 12.1. The van der Waals surface area contributed by atoms with Crippen LogP contribution in [0.2, 0.25) is 0 Å². The van der Waals surface area contributed by atoms with Crippen LogP contribution in [0.5, 0.6) is 0 Å². The second kappa shape index (κ2) is 5.93. The summed E-state index contributed by atoms with van der Waals surface area (Å²) in [7, 11) is 0. The second-order valence-electron chi connectivity index (χ2n) is 5.12. The van der Waals surface area contributed by atoms with Crippen LogP contribution in [-0.2, 0) is 13.1 Å². The van der Waals surface area contributed by atoms with Crippen molar-refractivity contribution in [2.24, 2.45) is 0 Å². The molecule has 1 N–H and O–H groups in total. The molecule has 0 atom stereocenters. The number of benzene rings is 1. The van der Waals surface area contributed by atoms with Crippen LogP contribution in [0.3, 0.4) is 0 Å². The van der Waals surface area contributed by atoms with Gasteiger partial charge in [-0.05, 0) is 49.9 Å². The highest BCUT2D eigenvalue weighted by atomic mass is 14.9. The Morgan fingerprint density at radius 1 is 0.842 bits per heavy atom. The van der Waals surface area contributed by atoms with E-state index in [1.807, 2.05) is 13.1 Å². The summed E-state index contributed by atoms with van der Waals surface area (Å²) in [4.78, 5) is 8.58. The van der Waals surface area contributed by atoms with Gasteiger partial charge in [-0.1, -0.05) is 12.1 Å². The Hall–Kier alpha value is -1.74. The van der Waals surface area contributed by atoms with Crippen LogP contribution in [0.25, 0.3) is 0 Å². The van der Waals surface area contributed by atoms with Gasteiger partial charge in [0.1, 0.15) is 0 Å². The molecule has 0 aliphatic heterocycles. The topological polar surface area (TPSA) is 37.8 Å². The largest absolute Gasteiger partial charge is 0.307 e. The highest BCUT2D eigenvalue weighted by Crippen LogP contribution is 2.15. The van der Waals surface area contributed by atoms with Crippen LogP contribution >= 0.6 is 0 Å². The van der Waals surface area contributed by atoms with Gasteiger partial charge in [-0.2, -0.15) is 0 Å². The first-order chi connectivity index (χ1) is 9.06. The summed E-state index contributed by atoms with van der Waals surface area (Å²) in [6.45, 7) is 10.0. The van der Waals surface area contributed by atoms with E-state index >= 15 is 0 Å². The summed E-state index contributed by atoms with van der Waals surface area (Å²) >= 11 is 0. The molecule has 3 heteroatoms. The summed E-state index contributed by atoms with van der Waals surface area (Å²) in [5, 5.41) is 3.42. The highest BCUT2D eigenvalue weighted by Gasteiger charge is 2.02. The van der Waals surface area contributed by atoms with Crippen molar-refractivity contribution in [3.63, 3.8) is 0 Å². The lowest BCUT2D eigenvalue weighted by Crippen LogP contribution is -2.15. The van der Waals surface area contributed by atoms with Crippen molar-refractivity contribution >= 4 is 0 Å². The Kier molecular flexibility index (Phi) is 4.27. The van der Waals surface area contributed by atoms with Crippen LogP contribution in [-0.4, -0.2) is 9.97 Å². The van der Waals surface area contributed by atoms with Crippen LogP contribution in [0.4, 0.5) is 0 Å². The van der Waals surface area contributed by atoms with E-state index in [4.69, 9.17) is 0 Å². The predicted molar refractivity (Wildman–Crippen MR) is 78.0 cm³/mol. The van der Waals surface area contributed by atoms with Gasteiger partial charge >= 0.3 is 0 Å². The molecule has 0 unspecified atom stereocenters. The molecule has 19 heavy (non-hydrogen) atoms. The molecule has 1 heterocycles. The number of aryl methyl sites for hydroxylation is 4. The Morgan fingerprint density at radius 2 is 1.58 bits per heavy atom. The van der Waals surface area contributed by atoms with E-state index in [9.17, 15) is 0 Å². The summed E-state index contributed by atoms with van der Waals surface area (Å²) in [5.41, 5.74) is 7.32. The van der Waals surface area contributed by atoms with Crippen molar-refractivity contribution in [2.75, 3.05) is 0 Å². The first-order valence-corrected chi connectivity index (χ1v) is 6.61. The van der Waals surface area contributed by atoms with Crippen LogP contribution in [0.15, 0.2) is 24.5 Å². The van der Waals surface area contributed by atoms with Crippen LogP contribution in [0.1, 0.15) is 33.6 Å². The molecule has 0 radical (unpaired) electrons. The Labute approximate surface area is 115 Å². The highest BCUT2D eigenvalue weighted by molar-refractivity contribution is 5.36. The molecule has 0 saturated carbocycles. The number of hydrogen-bond acceptors (Lipinski definition) is 3. The zero-order chi connectivity index (χ0) is 13.8. The summed E-state index contributed by atoms with van der Waals surface area (Å²) in [6.07, 6.45) is 3.63. The molecule has 3 nitrogen and oxygen atoms in total. The average Bonchev–Trinajstić information content (AvgIpc) is 2.38. The van der Waals surface area contributed by atoms with E-state index in [0.717, 1.165) is 24.5 Å². The van der Waals surface area contributed by atoms with Gasteiger partial charge in [-0.25, -0.2) is 0 Å². The molecule has 1 aromatic heterocycles. The molecule has 0 aliphatic carbocycles. The minimum atomic E-state index is 0.750. The third-order valence-corrected chi connectivity index (χ3v) is 3.41. The Morgan fingerprint density at radius 3 is 2.26 bits per heavy atom. The molecule has 0 saturated heterocycles. The molecule has 1 aromatic carbocycles. The quantitative estimate of drug-likeness (QED) is 0.912. The van der Waals surface area contributed by atoms with Crippen molar-refractivity contribution in [1.29, 1.82) is 0 Å². The van der Waals surface area contributed by atoms with E-state index < -0.39 is 0 Å². The van der Waals surface area contributed by atoms with Gasteiger partial charge in [0.05, 0.1) is 11.4 Å². The number of hydrogen-bond donors (Lipinski definition) is 1. The second-order valence-corrected chi connectivity index (χ2v) is 5.12. The first kappa shape index (κ1) is 13.7. The maximum Gasteiger partial charge on any atom is 0.0724 e. The lowest BCUT2D eigenvalue weighted by molar-refractivity contribution is 0.673. The van der Waals surface area contributed by atoms with Crippen molar-refractivity contribution < 1.29 is 0 Å². The van der Waals surface area contributed by atoms with Gasteiger partial charge in [-0.15, -0.1) is 0 Å². The fourth-order valence-electron chi connectivity index (χ4n) is 2.05. The van der Waals surface area contributed by atoms with E-state index in [1.165, 1.54) is 22.3 Å². The summed E-state index contributed by atoms with van der Waals surface area (Å²) in [5.74, 6) is 0. The Bertz CT molecular complexity index is 559. The van der Waals surface area contributed by atoms with E-state index in [-0.39, 0.29) is 0 Å². The van der Waals surface area contributed by atoms with Crippen LogP contribution in [0, 0.1) is 27.7 Å². The van der Waals surface area contributed by atoms with Crippen molar-refractivity contribution in [3.05, 3.63) is 58.2 Å². The minimum absolute atomic E-state index is 0.750. The smallest absolute Gasteiger partial charge is 0.0724 e. The van der Waals surface area contributed by atoms with E-state index in [1.54, 1.807) is 6.20 Å². The fraction of sp³-hybridized carbons (Fsp3) is 0.375. The third kappa shape index (κ3) is 3.61. The maximum absolute atomic E-state index is 4.34. The van der Waals surface area contributed by atoms with Gasteiger partial charge < -0.3 is 5.32 Å². The fourth-order valence-corrected chi connectivity index (χ4v) is 2.05. The van der Waals surface area contributed by atoms with Gasteiger partial charge in [0.2, 0.25) is 0 Å². The Balaban J connectivity index is 1.96. The number of nitrogens with one attached hydrogen (secondary N) is 1. The molecule has 0 spiro atoms. The average molecular weight is 255 g/mol. The number of aromatic nitrogens is 2. The van der Waals surface area contributed by atoms with Crippen LogP contribution < -0.4 is 5.32 Å². The monoisotopic (exact) mass is 255 g/mol. The molecule has 0 bridgehead atoms. The SMILES string of the molecule is Cc1cnc(CNCc2cc(C)c(C)cc2C)cn1. The molecule has 100 valence electrons. The normalized spacial score (nSPS) is 10.7. The van der Waals surface area contributed by atoms with E-state index in [0.29, 0.717) is 0 Å². The predicted octanol–water partition coefficient (Wildman–Crippen LogP) is 3.00. The molecular formula is C16H21N3. The first-order valence-electron chi connectivity index (χ1n) is 6.61. The van der Waals surface area contributed by atoms with Gasteiger partial charge in [-0.3, -0.25) is 9.97 Å². The number of rotatable bonds is 4. The molecule has 0 aliphatic rings. The zero-order valence-corrected chi connectivity index (χ0v) is 12.1. The molecule has 2 aromatic rings. The molecule has 0 fully saturated rings. The van der Waals surface area contributed by atoms with Crippen molar-refractivity contribution in [3.8, 4) is 0 Å². The molecule has 0 amide bonds. The van der Waals surface area contributed by atoms with Gasteiger partial charge in [0.25, 0.3) is 0 Å². The molecule has 2 rings (SSSR count). The third-order valence-electron chi connectivity index (χ3n) is 3.41.